The lowest BCUT2D eigenvalue weighted by Gasteiger charge is -2.07. The van der Waals surface area contributed by atoms with Crippen molar-refractivity contribution in [3.63, 3.8) is 0 Å². The van der Waals surface area contributed by atoms with Crippen molar-refractivity contribution in [2.24, 2.45) is 5.73 Å². The third kappa shape index (κ3) is 4.02. The molecule has 0 aliphatic heterocycles. The summed E-state index contributed by atoms with van der Waals surface area (Å²) in [6, 6.07) is 4.17. The molecule has 3 rings (SSSR count). The van der Waals surface area contributed by atoms with E-state index in [0.717, 1.165) is 42.5 Å². The van der Waals surface area contributed by atoms with Gasteiger partial charge in [-0.1, -0.05) is 24.1 Å². The average molecular weight is 381 g/mol. The normalized spacial score (nSPS) is 13.8. The van der Waals surface area contributed by atoms with Gasteiger partial charge in [0.05, 0.1) is 17.0 Å². The SMILES string of the molecule is NC(=O)c1c(NC(=O)Cc2ccc(F)c(Cl)c2)sc2c1CCCCC2. The molecule has 1 aliphatic rings. The smallest absolute Gasteiger partial charge is 0.251 e. The molecule has 2 amide bonds. The summed E-state index contributed by atoms with van der Waals surface area (Å²) in [5, 5.41) is 3.28. The molecule has 0 unspecified atom stereocenters. The zero-order valence-electron chi connectivity index (χ0n) is 13.5. The Morgan fingerprint density at radius 1 is 1.24 bits per heavy atom. The molecule has 2 aromatic rings. The number of halogens is 2. The van der Waals surface area contributed by atoms with Crippen LogP contribution in [-0.2, 0) is 24.1 Å². The Kier molecular flexibility index (Phi) is 5.39. The third-order valence-electron chi connectivity index (χ3n) is 4.27. The predicted molar refractivity (Wildman–Crippen MR) is 97.8 cm³/mol. The monoisotopic (exact) mass is 380 g/mol. The molecule has 0 bridgehead atoms. The van der Waals surface area contributed by atoms with Crippen LogP contribution in [0.1, 0.15) is 45.6 Å². The van der Waals surface area contributed by atoms with Crippen molar-refractivity contribution in [1.29, 1.82) is 0 Å². The zero-order chi connectivity index (χ0) is 18.0. The number of fused-ring (bicyclic) bond motifs is 1. The standard InChI is InChI=1S/C18H18ClFN2O2S/c19-12-8-10(6-7-13(12)20)9-15(23)22-18-16(17(21)24)11-4-2-1-3-5-14(11)25-18/h6-8H,1-5,9H2,(H2,21,24)(H,22,23). The van der Waals surface area contributed by atoms with E-state index in [1.165, 1.54) is 29.5 Å². The van der Waals surface area contributed by atoms with Crippen LogP contribution in [-0.4, -0.2) is 11.8 Å². The molecule has 1 aromatic heterocycles. The Morgan fingerprint density at radius 3 is 2.72 bits per heavy atom. The fourth-order valence-corrected chi connectivity index (χ4v) is 4.61. The second-order valence-electron chi connectivity index (χ2n) is 6.11. The number of carbonyl (C=O) groups excluding carboxylic acids is 2. The lowest BCUT2D eigenvalue weighted by molar-refractivity contribution is -0.115. The lowest BCUT2D eigenvalue weighted by atomic mass is 10.1. The van der Waals surface area contributed by atoms with Crippen LogP contribution in [0.5, 0.6) is 0 Å². The Balaban J connectivity index is 1.81. The van der Waals surface area contributed by atoms with Crippen LogP contribution >= 0.6 is 22.9 Å². The van der Waals surface area contributed by atoms with Gasteiger partial charge in [0.1, 0.15) is 10.8 Å². The number of hydrogen-bond acceptors (Lipinski definition) is 3. The van der Waals surface area contributed by atoms with Crippen molar-refractivity contribution in [2.75, 3.05) is 5.32 Å². The number of rotatable bonds is 4. The first kappa shape index (κ1) is 17.9. The van der Waals surface area contributed by atoms with Crippen LogP contribution in [0.2, 0.25) is 5.02 Å². The first-order valence-corrected chi connectivity index (χ1v) is 9.33. The fourth-order valence-electron chi connectivity index (χ4n) is 3.10. The number of benzene rings is 1. The molecule has 0 fully saturated rings. The summed E-state index contributed by atoms with van der Waals surface area (Å²) in [7, 11) is 0. The molecule has 25 heavy (non-hydrogen) atoms. The van der Waals surface area contributed by atoms with Gasteiger partial charge in [0.2, 0.25) is 5.91 Å². The summed E-state index contributed by atoms with van der Waals surface area (Å²) in [4.78, 5) is 25.4. The minimum absolute atomic E-state index is 0.0223. The van der Waals surface area contributed by atoms with Gasteiger partial charge in [0.15, 0.2) is 0 Å². The van der Waals surface area contributed by atoms with Gasteiger partial charge in [-0.3, -0.25) is 9.59 Å². The highest BCUT2D eigenvalue weighted by molar-refractivity contribution is 7.17. The number of primary amides is 1. The maximum atomic E-state index is 13.2. The van der Waals surface area contributed by atoms with E-state index in [4.69, 9.17) is 17.3 Å². The number of hydrogen-bond donors (Lipinski definition) is 2. The van der Waals surface area contributed by atoms with Crippen molar-refractivity contribution in [3.05, 3.63) is 50.6 Å². The van der Waals surface area contributed by atoms with E-state index in [9.17, 15) is 14.0 Å². The topological polar surface area (TPSA) is 72.2 Å². The van der Waals surface area contributed by atoms with E-state index < -0.39 is 11.7 Å². The predicted octanol–water partition coefficient (Wildman–Crippen LogP) is 4.09. The van der Waals surface area contributed by atoms with Crippen LogP contribution in [0, 0.1) is 5.82 Å². The number of anilines is 1. The number of aryl methyl sites for hydroxylation is 1. The maximum absolute atomic E-state index is 13.2. The van der Waals surface area contributed by atoms with Crippen molar-refractivity contribution in [2.45, 2.75) is 38.5 Å². The molecule has 132 valence electrons. The Hall–Kier alpha value is -1.92. The Labute approximate surface area is 154 Å². The Morgan fingerprint density at radius 2 is 2.00 bits per heavy atom. The van der Waals surface area contributed by atoms with Gasteiger partial charge >= 0.3 is 0 Å². The fraction of sp³-hybridized carbons (Fsp3) is 0.333. The highest BCUT2D eigenvalue weighted by Crippen LogP contribution is 2.37. The second kappa shape index (κ2) is 7.54. The van der Waals surface area contributed by atoms with Crippen LogP contribution in [0.3, 0.4) is 0 Å². The molecule has 7 heteroatoms. The minimum Gasteiger partial charge on any atom is -0.365 e. The Bertz CT molecular complexity index is 835. The van der Waals surface area contributed by atoms with Crippen LogP contribution in [0.25, 0.3) is 0 Å². The summed E-state index contributed by atoms with van der Waals surface area (Å²) in [5.74, 6) is -1.33. The molecular weight excluding hydrogens is 363 g/mol. The molecule has 0 spiro atoms. The molecule has 3 N–H and O–H groups in total. The zero-order valence-corrected chi connectivity index (χ0v) is 15.1. The quantitative estimate of drug-likeness (QED) is 0.784. The highest BCUT2D eigenvalue weighted by atomic mass is 35.5. The van der Waals surface area contributed by atoms with Gasteiger partial charge in [-0.15, -0.1) is 11.3 Å². The summed E-state index contributed by atoms with van der Waals surface area (Å²) in [5.41, 5.74) is 7.57. The van der Waals surface area contributed by atoms with Crippen LogP contribution in [0.4, 0.5) is 9.39 Å². The molecule has 1 heterocycles. The average Bonchev–Trinajstić information content (AvgIpc) is 2.72. The molecule has 0 saturated heterocycles. The van der Waals surface area contributed by atoms with Crippen molar-refractivity contribution in [3.8, 4) is 0 Å². The first-order valence-electron chi connectivity index (χ1n) is 8.14. The summed E-state index contributed by atoms with van der Waals surface area (Å²) < 4.78 is 13.2. The van der Waals surface area contributed by atoms with Gasteiger partial charge in [-0.05, 0) is 48.9 Å². The highest BCUT2D eigenvalue weighted by Gasteiger charge is 2.24. The summed E-state index contributed by atoms with van der Waals surface area (Å²) in [6.07, 6.45) is 4.99. The van der Waals surface area contributed by atoms with Gasteiger partial charge in [0.25, 0.3) is 5.91 Å². The minimum atomic E-state index is -0.524. The maximum Gasteiger partial charge on any atom is 0.251 e. The van der Waals surface area contributed by atoms with Gasteiger partial charge in [0, 0.05) is 4.88 Å². The van der Waals surface area contributed by atoms with Gasteiger partial charge in [-0.2, -0.15) is 0 Å². The van der Waals surface area contributed by atoms with Gasteiger partial charge in [-0.25, -0.2) is 4.39 Å². The molecule has 0 atom stereocenters. The van der Waals surface area contributed by atoms with Crippen molar-refractivity contribution in [1.82, 2.24) is 0 Å². The second-order valence-corrected chi connectivity index (χ2v) is 7.62. The summed E-state index contributed by atoms with van der Waals surface area (Å²) >= 11 is 7.17. The number of amides is 2. The third-order valence-corrected chi connectivity index (χ3v) is 5.77. The van der Waals surface area contributed by atoms with E-state index >= 15 is 0 Å². The first-order chi connectivity index (χ1) is 12.0. The lowest BCUT2D eigenvalue weighted by Crippen LogP contribution is -2.19. The van der Waals surface area contributed by atoms with E-state index in [1.54, 1.807) is 0 Å². The van der Waals surface area contributed by atoms with Crippen LogP contribution in [0.15, 0.2) is 18.2 Å². The van der Waals surface area contributed by atoms with E-state index in [0.29, 0.717) is 16.1 Å². The van der Waals surface area contributed by atoms with Crippen LogP contribution < -0.4 is 11.1 Å². The number of nitrogens with one attached hydrogen (secondary N) is 1. The van der Waals surface area contributed by atoms with Crippen molar-refractivity contribution >= 4 is 39.8 Å². The molecule has 4 nitrogen and oxygen atoms in total. The molecule has 1 aromatic carbocycles. The largest absolute Gasteiger partial charge is 0.365 e. The van der Waals surface area contributed by atoms with Crippen molar-refractivity contribution < 1.29 is 14.0 Å². The van der Waals surface area contributed by atoms with Gasteiger partial charge < -0.3 is 11.1 Å². The molecular formula is C18H18ClFN2O2S. The number of nitrogens with two attached hydrogens (primary N) is 1. The molecule has 0 saturated carbocycles. The number of carbonyl (C=O) groups is 2. The van der Waals surface area contributed by atoms with E-state index in [-0.39, 0.29) is 17.4 Å². The molecule has 0 radical (unpaired) electrons. The summed E-state index contributed by atoms with van der Waals surface area (Å²) in [6.45, 7) is 0. The van der Waals surface area contributed by atoms with E-state index in [1.807, 2.05) is 0 Å². The molecule has 1 aliphatic carbocycles. The van der Waals surface area contributed by atoms with E-state index in [2.05, 4.69) is 5.32 Å². The number of thiophene rings is 1.